The Bertz CT molecular complexity index is 331. The number of H-pyrrole nitrogens is 1. The topological polar surface area (TPSA) is 70.9 Å². The van der Waals surface area contributed by atoms with Crippen LogP contribution >= 0.6 is 0 Å². The van der Waals surface area contributed by atoms with Crippen LogP contribution < -0.4 is 11.1 Å². The van der Waals surface area contributed by atoms with E-state index in [-0.39, 0.29) is 18.0 Å². The lowest BCUT2D eigenvalue weighted by molar-refractivity contribution is 0.0950. The molecule has 1 saturated carbocycles. The molecule has 4 nitrogen and oxygen atoms in total. The van der Waals surface area contributed by atoms with Gasteiger partial charge < -0.3 is 16.0 Å². The molecule has 0 saturated heterocycles. The molecule has 0 radical (unpaired) electrons. The summed E-state index contributed by atoms with van der Waals surface area (Å²) in [7, 11) is 0. The van der Waals surface area contributed by atoms with Gasteiger partial charge >= 0.3 is 0 Å². The predicted molar refractivity (Wildman–Crippen MR) is 49.4 cm³/mol. The summed E-state index contributed by atoms with van der Waals surface area (Å²) in [5.41, 5.74) is 7.26. The number of aryl methyl sites for hydroxylation is 1. The average molecular weight is 179 g/mol. The predicted octanol–water partition coefficient (Wildman–Crippen LogP) is 0.153. The van der Waals surface area contributed by atoms with Crippen LogP contribution in [0.3, 0.4) is 0 Å². The van der Waals surface area contributed by atoms with Gasteiger partial charge in [0.1, 0.15) is 0 Å². The van der Waals surface area contributed by atoms with E-state index >= 15 is 0 Å². The van der Waals surface area contributed by atoms with Crippen molar-refractivity contribution in [3.63, 3.8) is 0 Å². The maximum Gasteiger partial charge on any atom is 0.253 e. The molecule has 4 N–H and O–H groups in total. The lowest BCUT2D eigenvalue weighted by Gasteiger charge is -2.01. The standard InChI is InChI=1S/C9H13N3O/c1-5-3-11-4-6(5)9(13)12-8-2-7(8)10/h3-4,7-8,11H,2,10H2,1H3,(H,12,13). The van der Waals surface area contributed by atoms with Crippen LogP contribution in [0.5, 0.6) is 0 Å². The number of nitrogens with two attached hydrogens (primary N) is 1. The van der Waals surface area contributed by atoms with Gasteiger partial charge in [-0.1, -0.05) is 0 Å². The highest BCUT2D eigenvalue weighted by atomic mass is 16.1. The zero-order valence-corrected chi connectivity index (χ0v) is 7.50. The van der Waals surface area contributed by atoms with E-state index in [9.17, 15) is 4.79 Å². The molecule has 1 aromatic rings. The van der Waals surface area contributed by atoms with Crippen molar-refractivity contribution in [2.45, 2.75) is 25.4 Å². The number of nitrogens with one attached hydrogen (secondary N) is 2. The summed E-state index contributed by atoms with van der Waals surface area (Å²) < 4.78 is 0. The number of hydrogen-bond donors (Lipinski definition) is 3. The summed E-state index contributed by atoms with van der Waals surface area (Å²) in [6, 6.07) is 0.338. The molecule has 1 aliphatic carbocycles. The quantitative estimate of drug-likeness (QED) is 0.605. The van der Waals surface area contributed by atoms with Crippen LogP contribution in [-0.2, 0) is 0 Å². The Labute approximate surface area is 76.5 Å². The van der Waals surface area contributed by atoms with Crippen molar-refractivity contribution in [2.75, 3.05) is 0 Å². The van der Waals surface area contributed by atoms with Gasteiger partial charge in [0.05, 0.1) is 5.56 Å². The van der Waals surface area contributed by atoms with Gasteiger partial charge in [-0.3, -0.25) is 4.79 Å². The molecule has 1 aromatic heterocycles. The van der Waals surface area contributed by atoms with Crippen LogP contribution in [0.15, 0.2) is 12.4 Å². The Kier molecular flexibility index (Phi) is 1.84. The molecule has 0 aliphatic heterocycles. The fourth-order valence-electron chi connectivity index (χ4n) is 1.31. The van der Waals surface area contributed by atoms with Gasteiger partial charge in [0, 0.05) is 24.5 Å². The molecule has 0 spiro atoms. The monoisotopic (exact) mass is 179 g/mol. The lowest BCUT2D eigenvalue weighted by Crippen LogP contribution is -2.29. The first kappa shape index (κ1) is 8.31. The van der Waals surface area contributed by atoms with Crippen molar-refractivity contribution in [3.05, 3.63) is 23.5 Å². The molecule has 0 bridgehead atoms. The van der Waals surface area contributed by atoms with E-state index in [2.05, 4.69) is 10.3 Å². The van der Waals surface area contributed by atoms with Crippen LogP contribution in [-0.4, -0.2) is 23.0 Å². The summed E-state index contributed by atoms with van der Waals surface area (Å²) in [6.45, 7) is 1.90. The molecule has 2 rings (SSSR count). The second-order valence-electron chi connectivity index (χ2n) is 3.53. The van der Waals surface area contributed by atoms with E-state index < -0.39 is 0 Å². The van der Waals surface area contributed by atoms with Gasteiger partial charge in [0.25, 0.3) is 5.91 Å². The molecule has 1 aliphatic rings. The third kappa shape index (κ3) is 1.58. The summed E-state index contributed by atoms with van der Waals surface area (Å²) >= 11 is 0. The van der Waals surface area contributed by atoms with Crippen LogP contribution in [0.1, 0.15) is 22.3 Å². The van der Waals surface area contributed by atoms with E-state index in [1.54, 1.807) is 6.20 Å². The molecule has 4 heteroatoms. The summed E-state index contributed by atoms with van der Waals surface area (Å²) in [5, 5.41) is 2.86. The molecular weight excluding hydrogens is 166 g/mol. The van der Waals surface area contributed by atoms with Crippen LogP contribution in [0, 0.1) is 6.92 Å². The Morgan fingerprint density at radius 2 is 2.38 bits per heavy atom. The Morgan fingerprint density at radius 3 is 2.85 bits per heavy atom. The van der Waals surface area contributed by atoms with Crippen LogP contribution in [0.4, 0.5) is 0 Å². The van der Waals surface area contributed by atoms with Gasteiger partial charge in [0.15, 0.2) is 0 Å². The van der Waals surface area contributed by atoms with Gasteiger partial charge in [-0.15, -0.1) is 0 Å². The van der Waals surface area contributed by atoms with E-state index in [1.165, 1.54) is 0 Å². The average Bonchev–Trinajstić information content (AvgIpc) is 2.62. The molecule has 1 amide bonds. The Hall–Kier alpha value is -1.29. The zero-order valence-electron chi connectivity index (χ0n) is 7.50. The van der Waals surface area contributed by atoms with Crippen molar-refractivity contribution < 1.29 is 4.79 Å². The third-order valence-electron chi connectivity index (χ3n) is 2.35. The number of aromatic amines is 1. The highest BCUT2D eigenvalue weighted by molar-refractivity contribution is 5.95. The van der Waals surface area contributed by atoms with Gasteiger partial charge in [-0.05, 0) is 18.9 Å². The second-order valence-corrected chi connectivity index (χ2v) is 3.53. The Balaban J connectivity index is 2.01. The van der Waals surface area contributed by atoms with Gasteiger partial charge in [-0.25, -0.2) is 0 Å². The maximum atomic E-state index is 11.5. The molecular formula is C9H13N3O. The van der Waals surface area contributed by atoms with Crippen LogP contribution in [0.25, 0.3) is 0 Å². The fraction of sp³-hybridized carbons (Fsp3) is 0.444. The number of aromatic nitrogens is 1. The SMILES string of the molecule is Cc1c[nH]cc1C(=O)NC1CC1N. The minimum atomic E-state index is -0.0308. The summed E-state index contributed by atoms with van der Waals surface area (Å²) in [6.07, 6.45) is 4.41. The van der Waals surface area contributed by atoms with E-state index in [0.717, 1.165) is 12.0 Å². The van der Waals surface area contributed by atoms with Crippen molar-refractivity contribution in [3.8, 4) is 0 Å². The highest BCUT2D eigenvalue weighted by Gasteiger charge is 2.35. The first-order valence-corrected chi connectivity index (χ1v) is 4.38. The van der Waals surface area contributed by atoms with Crippen molar-refractivity contribution in [1.82, 2.24) is 10.3 Å². The Morgan fingerprint density at radius 1 is 1.69 bits per heavy atom. The smallest absolute Gasteiger partial charge is 0.253 e. The van der Waals surface area contributed by atoms with Crippen molar-refractivity contribution >= 4 is 5.91 Å². The number of rotatable bonds is 2. The number of carbonyl (C=O) groups excluding carboxylic acids is 1. The zero-order chi connectivity index (χ0) is 9.42. The summed E-state index contributed by atoms with van der Waals surface area (Å²) in [4.78, 5) is 14.4. The largest absolute Gasteiger partial charge is 0.367 e. The molecule has 0 aromatic carbocycles. The lowest BCUT2D eigenvalue weighted by atomic mass is 10.2. The van der Waals surface area contributed by atoms with Crippen molar-refractivity contribution in [2.24, 2.45) is 5.73 Å². The van der Waals surface area contributed by atoms with Gasteiger partial charge in [-0.2, -0.15) is 0 Å². The molecule has 2 atom stereocenters. The summed E-state index contributed by atoms with van der Waals surface area (Å²) in [5.74, 6) is -0.0308. The fourth-order valence-corrected chi connectivity index (χ4v) is 1.31. The molecule has 70 valence electrons. The highest BCUT2D eigenvalue weighted by Crippen LogP contribution is 2.18. The van der Waals surface area contributed by atoms with E-state index in [1.807, 2.05) is 13.1 Å². The molecule has 1 heterocycles. The molecule has 2 unspecified atom stereocenters. The van der Waals surface area contributed by atoms with E-state index in [4.69, 9.17) is 5.73 Å². The normalized spacial score (nSPS) is 25.7. The number of amides is 1. The van der Waals surface area contributed by atoms with E-state index in [0.29, 0.717) is 5.56 Å². The third-order valence-corrected chi connectivity index (χ3v) is 2.35. The van der Waals surface area contributed by atoms with Gasteiger partial charge in [0.2, 0.25) is 0 Å². The first-order valence-electron chi connectivity index (χ1n) is 4.38. The minimum Gasteiger partial charge on any atom is -0.367 e. The van der Waals surface area contributed by atoms with Crippen LogP contribution in [0.2, 0.25) is 0 Å². The molecule has 1 fully saturated rings. The molecule has 13 heavy (non-hydrogen) atoms. The first-order chi connectivity index (χ1) is 6.18. The number of hydrogen-bond acceptors (Lipinski definition) is 2. The maximum absolute atomic E-state index is 11.5. The number of carbonyl (C=O) groups is 1. The minimum absolute atomic E-state index is 0.0308. The second kappa shape index (κ2) is 2.88. The van der Waals surface area contributed by atoms with Crippen molar-refractivity contribution in [1.29, 1.82) is 0 Å².